The largest absolute Gasteiger partial charge is 0.478 e. The summed E-state index contributed by atoms with van der Waals surface area (Å²) in [5.41, 5.74) is 1.88. The highest BCUT2D eigenvalue weighted by Gasteiger charge is 2.47. The number of dihydropyridines is 1. The number of nitrogens with one attached hydrogen (secondary N) is 3. The first-order valence-electron chi connectivity index (χ1n) is 10.7. The molecule has 8 nitrogen and oxygen atoms in total. The second-order valence-electron chi connectivity index (χ2n) is 8.23. The lowest BCUT2D eigenvalue weighted by atomic mass is 9.92. The van der Waals surface area contributed by atoms with E-state index in [2.05, 4.69) is 16.0 Å². The molecule has 2 amide bonds. The lowest BCUT2D eigenvalue weighted by Crippen LogP contribution is -2.51. The lowest BCUT2D eigenvalue weighted by Gasteiger charge is -2.30. The van der Waals surface area contributed by atoms with Crippen molar-refractivity contribution in [2.24, 2.45) is 0 Å². The topological polar surface area (TPSA) is 91.9 Å². The molecule has 1 aromatic rings. The number of carbonyl (C=O) groups excluding carboxylic acids is 2. The van der Waals surface area contributed by atoms with E-state index in [9.17, 15) is 9.59 Å². The van der Waals surface area contributed by atoms with E-state index in [1.54, 1.807) is 29.2 Å². The van der Waals surface area contributed by atoms with Gasteiger partial charge >= 0.3 is 6.03 Å². The van der Waals surface area contributed by atoms with Crippen LogP contribution < -0.4 is 20.7 Å². The molecule has 1 aromatic carbocycles. The van der Waals surface area contributed by atoms with E-state index >= 15 is 0 Å². The standard InChI is InChI=1S/C23H26N4O4/c28-21(20-2-1-11-30-20)23(8-10-25-15-23)31-19-5-3-18(4-6-19)26-22(29)27-13-16-7-9-24-12-17(16)14-27/h3-7,9,12-13,20,24-25H,1-2,8,10-11,14-15H2,(H,26,29)/t20-,23+/m0/s1. The van der Waals surface area contributed by atoms with Crippen molar-refractivity contribution in [1.29, 1.82) is 0 Å². The van der Waals surface area contributed by atoms with Crippen LogP contribution in [0.5, 0.6) is 5.75 Å². The Labute approximate surface area is 181 Å². The molecule has 162 valence electrons. The van der Waals surface area contributed by atoms with E-state index in [0.717, 1.165) is 30.5 Å². The molecular weight excluding hydrogens is 396 g/mol. The summed E-state index contributed by atoms with van der Waals surface area (Å²) in [7, 11) is 0. The molecule has 0 aliphatic carbocycles. The monoisotopic (exact) mass is 422 g/mol. The maximum absolute atomic E-state index is 13.1. The number of allylic oxidation sites excluding steroid dienone is 1. The van der Waals surface area contributed by atoms with E-state index in [0.29, 0.717) is 37.6 Å². The van der Waals surface area contributed by atoms with Gasteiger partial charge in [-0.05, 0) is 60.9 Å². The van der Waals surface area contributed by atoms with Gasteiger partial charge in [0.25, 0.3) is 0 Å². The molecule has 3 N–H and O–H groups in total. The number of hydrogen-bond acceptors (Lipinski definition) is 6. The molecule has 2 saturated heterocycles. The summed E-state index contributed by atoms with van der Waals surface area (Å²) in [6.07, 6.45) is 9.42. The Morgan fingerprint density at radius 2 is 2.13 bits per heavy atom. The van der Waals surface area contributed by atoms with E-state index in [-0.39, 0.29) is 17.9 Å². The van der Waals surface area contributed by atoms with Gasteiger partial charge < -0.3 is 25.4 Å². The van der Waals surface area contributed by atoms with E-state index in [4.69, 9.17) is 9.47 Å². The SMILES string of the molecule is O=C(Nc1ccc(O[C@]2(C(=O)[C@@H]3CCCO3)CCNC2)cc1)N1C=C2C=CNC=C2C1. The molecular formula is C23H26N4O4. The Balaban J connectivity index is 1.23. The van der Waals surface area contributed by atoms with Crippen LogP contribution in [-0.2, 0) is 9.53 Å². The second-order valence-corrected chi connectivity index (χ2v) is 8.23. The molecule has 2 fully saturated rings. The molecule has 4 aliphatic heterocycles. The Bertz CT molecular complexity index is 954. The molecule has 4 heterocycles. The highest BCUT2D eigenvalue weighted by molar-refractivity contribution is 5.93. The number of rotatable bonds is 5. The molecule has 0 radical (unpaired) electrons. The number of nitrogens with zero attached hydrogens (tertiary/aromatic N) is 1. The summed E-state index contributed by atoms with van der Waals surface area (Å²) in [5, 5.41) is 9.19. The van der Waals surface area contributed by atoms with Crippen LogP contribution in [0, 0.1) is 0 Å². The van der Waals surface area contributed by atoms with Crippen LogP contribution in [0.15, 0.2) is 60.1 Å². The predicted molar refractivity (Wildman–Crippen MR) is 115 cm³/mol. The number of ether oxygens (including phenoxy) is 2. The Kier molecular flexibility index (Phi) is 5.25. The zero-order chi connectivity index (χ0) is 21.3. The minimum absolute atomic E-state index is 0.0220. The van der Waals surface area contributed by atoms with Gasteiger partial charge in [0.05, 0.1) is 6.54 Å². The van der Waals surface area contributed by atoms with Gasteiger partial charge in [-0.3, -0.25) is 9.69 Å². The molecule has 4 aliphatic rings. The Hall–Kier alpha value is -3.10. The van der Waals surface area contributed by atoms with Gasteiger partial charge in [0.2, 0.25) is 5.78 Å². The maximum atomic E-state index is 13.1. The van der Waals surface area contributed by atoms with Crippen LogP contribution in [0.4, 0.5) is 10.5 Å². The minimum atomic E-state index is -0.896. The van der Waals surface area contributed by atoms with E-state index in [1.165, 1.54) is 0 Å². The van der Waals surface area contributed by atoms with Crippen molar-refractivity contribution < 1.29 is 19.1 Å². The number of anilines is 1. The quantitative estimate of drug-likeness (QED) is 0.674. The van der Waals surface area contributed by atoms with Crippen LogP contribution in [0.1, 0.15) is 19.3 Å². The number of benzene rings is 1. The number of fused-ring (bicyclic) bond motifs is 1. The van der Waals surface area contributed by atoms with E-state index in [1.807, 2.05) is 24.7 Å². The minimum Gasteiger partial charge on any atom is -0.478 e. The lowest BCUT2D eigenvalue weighted by molar-refractivity contribution is -0.142. The summed E-state index contributed by atoms with van der Waals surface area (Å²) in [6, 6.07) is 6.95. The van der Waals surface area contributed by atoms with Crippen molar-refractivity contribution in [2.75, 3.05) is 31.6 Å². The summed E-state index contributed by atoms with van der Waals surface area (Å²) >= 11 is 0. The van der Waals surface area contributed by atoms with Gasteiger partial charge in [-0.1, -0.05) is 0 Å². The van der Waals surface area contributed by atoms with Crippen LogP contribution in [0.25, 0.3) is 0 Å². The second kappa shape index (κ2) is 8.20. The van der Waals surface area contributed by atoms with Crippen molar-refractivity contribution in [1.82, 2.24) is 15.5 Å². The molecule has 31 heavy (non-hydrogen) atoms. The van der Waals surface area contributed by atoms with Crippen LogP contribution in [-0.4, -0.2) is 54.7 Å². The third-order valence-corrected chi connectivity index (χ3v) is 6.09. The molecule has 0 aromatic heterocycles. The van der Waals surface area contributed by atoms with Gasteiger partial charge in [0.1, 0.15) is 11.9 Å². The number of carbonyl (C=O) groups is 2. The van der Waals surface area contributed by atoms with E-state index < -0.39 is 5.60 Å². The van der Waals surface area contributed by atoms with Gasteiger partial charge in [-0.2, -0.15) is 0 Å². The Morgan fingerprint density at radius 3 is 2.84 bits per heavy atom. The van der Waals surface area contributed by atoms with Gasteiger partial charge in [-0.15, -0.1) is 0 Å². The predicted octanol–water partition coefficient (Wildman–Crippen LogP) is 2.28. The average molecular weight is 422 g/mol. The number of urea groups is 1. The first-order valence-corrected chi connectivity index (χ1v) is 10.7. The van der Waals surface area contributed by atoms with Crippen LogP contribution in [0.3, 0.4) is 0 Å². The van der Waals surface area contributed by atoms with Crippen LogP contribution in [0.2, 0.25) is 0 Å². The third-order valence-electron chi connectivity index (χ3n) is 6.09. The summed E-state index contributed by atoms with van der Waals surface area (Å²) in [4.78, 5) is 27.3. The molecule has 0 unspecified atom stereocenters. The zero-order valence-corrected chi connectivity index (χ0v) is 17.2. The van der Waals surface area contributed by atoms with Gasteiger partial charge in [0.15, 0.2) is 5.60 Å². The molecule has 8 heteroatoms. The fourth-order valence-corrected chi connectivity index (χ4v) is 4.39. The Morgan fingerprint density at radius 1 is 1.26 bits per heavy atom. The average Bonchev–Trinajstić information content (AvgIpc) is 3.55. The first kappa shape index (κ1) is 19.8. The van der Waals surface area contributed by atoms with Crippen molar-refractivity contribution >= 4 is 17.5 Å². The molecule has 2 atom stereocenters. The summed E-state index contributed by atoms with van der Waals surface area (Å²) in [5.74, 6) is 0.623. The molecule has 0 spiro atoms. The normalized spacial score (nSPS) is 26.7. The van der Waals surface area contributed by atoms with Crippen LogP contribution >= 0.6 is 0 Å². The maximum Gasteiger partial charge on any atom is 0.326 e. The van der Waals surface area contributed by atoms with Crippen molar-refractivity contribution in [3.8, 4) is 5.75 Å². The number of ketones is 1. The highest BCUT2D eigenvalue weighted by atomic mass is 16.5. The molecule has 5 rings (SSSR count). The number of Topliss-reactive ketones (excluding diaryl/α,β-unsaturated/α-hetero) is 1. The molecule has 0 saturated carbocycles. The fourth-order valence-electron chi connectivity index (χ4n) is 4.39. The van der Waals surface area contributed by atoms with Crippen molar-refractivity contribution in [2.45, 2.75) is 31.0 Å². The first-order chi connectivity index (χ1) is 15.1. The highest BCUT2D eigenvalue weighted by Crippen LogP contribution is 2.30. The number of amides is 2. The smallest absolute Gasteiger partial charge is 0.326 e. The fraction of sp³-hybridized carbons (Fsp3) is 0.391. The zero-order valence-electron chi connectivity index (χ0n) is 17.2. The molecule has 0 bridgehead atoms. The van der Waals surface area contributed by atoms with Crippen molar-refractivity contribution in [3.63, 3.8) is 0 Å². The number of hydrogen-bond donors (Lipinski definition) is 3. The van der Waals surface area contributed by atoms with Gasteiger partial charge in [0, 0.05) is 43.9 Å². The van der Waals surface area contributed by atoms with Crippen molar-refractivity contribution in [3.05, 3.63) is 60.1 Å². The van der Waals surface area contributed by atoms with Gasteiger partial charge in [-0.25, -0.2) is 4.79 Å². The summed E-state index contributed by atoms with van der Waals surface area (Å²) < 4.78 is 11.8. The third kappa shape index (κ3) is 3.96. The summed E-state index contributed by atoms with van der Waals surface area (Å²) in [6.45, 7) is 2.37.